The average molecular weight is 439 g/mol. The van der Waals surface area contributed by atoms with Gasteiger partial charge in [0.15, 0.2) is 0 Å². The van der Waals surface area contributed by atoms with Gasteiger partial charge < -0.3 is 10.1 Å². The first kappa shape index (κ1) is 23.0. The van der Waals surface area contributed by atoms with E-state index in [9.17, 15) is 13.2 Å². The summed E-state index contributed by atoms with van der Waals surface area (Å²) >= 11 is 6.14. The van der Waals surface area contributed by atoms with Gasteiger partial charge in [-0.05, 0) is 50.5 Å². The fourth-order valence-corrected chi connectivity index (χ4v) is 4.48. The summed E-state index contributed by atoms with van der Waals surface area (Å²) < 4.78 is 31.0. The van der Waals surface area contributed by atoms with Crippen molar-refractivity contribution in [2.75, 3.05) is 17.7 Å². The molecule has 0 aromatic heterocycles. The van der Waals surface area contributed by atoms with Crippen molar-refractivity contribution in [1.29, 1.82) is 0 Å². The van der Waals surface area contributed by atoms with E-state index in [0.717, 1.165) is 23.4 Å². The number of hydrogen-bond acceptors (Lipinski definition) is 4. The fourth-order valence-electron chi connectivity index (χ4n) is 3.06. The van der Waals surface area contributed by atoms with E-state index in [4.69, 9.17) is 16.3 Å². The van der Waals surface area contributed by atoms with Crippen LogP contribution in [0.4, 0.5) is 5.69 Å². The number of ether oxygens (including phenoxy) is 1. The largest absolute Gasteiger partial charge is 0.495 e. The minimum Gasteiger partial charge on any atom is -0.495 e. The van der Waals surface area contributed by atoms with Gasteiger partial charge in [0.1, 0.15) is 11.8 Å². The molecule has 29 heavy (non-hydrogen) atoms. The number of rotatable bonds is 9. The molecule has 0 aliphatic heterocycles. The Morgan fingerprint density at radius 3 is 2.38 bits per heavy atom. The molecule has 6 nitrogen and oxygen atoms in total. The predicted octanol–water partition coefficient (Wildman–Crippen LogP) is 3.64. The van der Waals surface area contributed by atoms with Crippen molar-refractivity contribution in [3.8, 4) is 5.75 Å². The molecule has 8 heteroatoms. The van der Waals surface area contributed by atoms with Crippen LogP contribution in [0.5, 0.6) is 5.75 Å². The van der Waals surface area contributed by atoms with Crippen LogP contribution in [0.2, 0.25) is 5.02 Å². The SMILES string of the molecule is COc1ccc(N([C@@H](C)C(=O)N[C@H](C)CCc2ccccc2)S(C)(=O)=O)cc1Cl. The van der Waals surface area contributed by atoms with Crippen molar-refractivity contribution in [2.24, 2.45) is 0 Å². The molecule has 0 radical (unpaired) electrons. The maximum absolute atomic E-state index is 12.8. The Hall–Kier alpha value is -2.25. The Balaban J connectivity index is 2.11. The molecule has 0 aliphatic carbocycles. The van der Waals surface area contributed by atoms with Gasteiger partial charge in [-0.25, -0.2) is 8.42 Å². The quantitative estimate of drug-likeness (QED) is 0.648. The molecule has 0 fully saturated rings. The van der Waals surface area contributed by atoms with Crippen molar-refractivity contribution in [3.63, 3.8) is 0 Å². The number of benzene rings is 2. The van der Waals surface area contributed by atoms with E-state index in [1.807, 2.05) is 37.3 Å². The van der Waals surface area contributed by atoms with Crippen LogP contribution in [-0.2, 0) is 21.2 Å². The second kappa shape index (κ2) is 9.98. The number of aryl methyl sites for hydroxylation is 1. The fraction of sp³-hybridized carbons (Fsp3) is 0.381. The first-order valence-electron chi connectivity index (χ1n) is 9.30. The third-order valence-corrected chi connectivity index (χ3v) is 6.11. The molecule has 0 spiro atoms. The van der Waals surface area contributed by atoms with Crippen LogP contribution in [0.3, 0.4) is 0 Å². The van der Waals surface area contributed by atoms with Crippen molar-refractivity contribution in [2.45, 2.75) is 38.8 Å². The first-order chi connectivity index (χ1) is 13.6. The minimum atomic E-state index is -3.72. The summed E-state index contributed by atoms with van der Waals surface area (Å²) in [4.78, 5) is 12.8. The number of carbonyl (C=O) groups is 1. The number of carbonyl (C=O) groups excluding carboxylic acids is 1. The summed E-state index contributed by atoms with van der Waals surface area (Å²) in [6.45, 7) is 3.46. The Bertz CT molecular complexity index is 935. The Kier molecular flexibility index (Phi) is 7.93. The topological polar surface area (TPSA) is 75.7 Å². The molecule has 1 amide bonds. The highest BCUT2D eigenvalue weighted by Gasteiger charge is 2.30. The van der Waals surface area contributed by atoms with Crippen LogP contribution in [0.15, 0.2) is 48.5 Å². The standard InChI is InChI=1S/C21H27ClN2O4S/c1-15(10-11-17-8-6-5-7-9-17)23-21(25)16(2)24(29(4,26)27)18-12-13-20(28-3)19(22)14-18/h5-9,12-16H,10-11H2,1-4H3,(H,23,25)/t15-,16+/m1/s1. The van der Waals surface area contributed by atoms with Gasteiger partial charge in [-0.2, -0.15) is 0 Å². The van der Waals surface area contributed by atoms with E-state index >= 15 is 0 Å². The van der Waals surface area contributed by atoms with Crippen molar-refractivity contribution in [3.05, 3.63) is 59.1 Å². The van der Waals surface area contributed by atoms with E-state index in [0.29, 0.717) is 11.4 Å². The lowest BCUT2D eigenvalue weighted by atomic mass is 10.1. The molecule has 2 atom stereocenters. The molecule has 1 N–H and O–H groups in total. The molecule has 0 aliphatic rings. The van der Waals surface area contributed by atoms with Gasteiger partial charge in [0.05, 0.1) is 24.1 Å². The number of anilines is 1. The van der Waals surface area contributed by atoms with Gasteiger partial charge in [-0.3, -0.25) is 9.10 Å². The zero-order valence-electron chi connectivity index (χ0n) is 17.1. The van der Waals surface area contributed by atoms with E-state index in [-0.39, 0.29) is 17.0 Å². The average Bonchev–Trinajstić information content (AvgIpc) is 2.66. The third-order valence-electron chi connectivity index (χ3n) is 4.58. The second-order valence-corrected chi connectivity index (χ2v) is 9.25. The summed E-state index contributed by atoms with van der Waals surface area (Å²) in [5.41, 5.74) is 1.49. The van der Waals surface area contributed by atoms with E-state index in [2.05, 4.69) is 5.32 Å². The summed E-state index contributed by atoms with van der Waals surface area (Å²) in [6, 6.07) is 13.6. The van der Waals surface area contributed by atoms with Crippen LogP contribution >= 0.6 is 11.6 Å². The normalized spacial score (nSPS) is 13.4. The van der Waals surface area contributed by atoms with Gasteiger partial charge >= 0.3 is 0 Å². The Labute approximate surface area is 177 Å². The summed E-state index contributed by atoms with van der Waals surface area (Å²) in [5, 5.41) is 3.17. The lowest BCUT2D eigenvalue weighted by molar-refractivity contribution is -0.122. The van der Waals surface area contributed by atoms with E-state index in [1.54, 1.807) is 19.1 Å². The lowest BCUT2D eigenvalue weighted by Crippen LogP contribution is -2.50. The molecule has 2 aromatic carbocycles. The zero-order valence-corrected chi connectivity index (χ0v) is 18.6. The Morgan fingerprint density at radius 1 is 1.17 bits per heavy atom. The third kappa shape index (κ3) is 6.37. The summed E-state index contributed by atoms with van der Waals surface area (Å²) in [5.74, 6) is 0.0541. The highest BCUT2D eigenvalue weighted by atomic mass is 35.5. The molecular weight excluding hydrogens is 412 g/mol. The highest BCUT2D eigenvalue weighted by Crippen LogP contribution is 2.31. The second-order valence-electron chi connectivity index (χ2n) is 6.99. The molecule has 0 bridgehead atoms. The molecule has 2 aromatic rings. The van der Waals surface area contributed by atoms with Gasteiger partial charge in [0, 0.05) is 6.04 Å². The molecule has 0 saturated heterocycles. The number of hydrogen-bond donors (Lipinski definition) is 1. The summed E-state index contributed by atoms with van der Waals surface area (Å²) in [7, 11) is -2.24. The van der Waals surface area contributed by atoms with Gasteiger partial charge in [0.2, 0.25) is 15.9 Å². The molecule has 0 heterocycles. The number of methoxy groups -OCH3 is 1. The molecular formula is C21H27ClN2O4S. The number of amides is 1. The van der Waals surface area contributed by atoms with Crippen LogP contribution in [-0.4, -0.2) is 39.8 Å². The number of sulfonamides is 1. The monoisotopic (exact) mass is 438 g/mol. The Morgan fingerprint density at radius 2 is 1.83 bits per heavy atom. The van der Waals surface area contributed by atoms with E-state index < -0.39 is 16.1 Å². The van der Waals surface area contributed by atoms with Crippen LogP contribution in [0, 0.1) is 0 Å². The summed E-state index contributed by atoms with van der Waals surface area (Å²) in [6.07, 6.45) is 2.63. The smallest absolute Gasteiger partial charge is 0.243 e. The van der Waals surface area contributed by atoms with Crippen molar-refractivity contribution < 1.29 is 17.9 Å². The van der Waals surface area contributed by atoms with E-state index in [1.165, 1.54) is 18.7 Å². The first-order valence-corrected chi connectivity index (χ1v) is 11.5. The molecule has 0 saturated carbocycles. The zero-order chi connectivity index (χ0) is 21.6. The van der Waals surface area contributed by atoms with Crippen LogP contribution in [0.1, 0.15) is 25.8 Å². The molecule has 158 valence electrons. The van der Waals surface area contributed by atoms with Crippen LogP contribution in [0.25, 0.3) is 0 Å². The predicted molar refractivity (Wildman–Crippen MR) is 117 cm³/mol. The van der Waals surface area contributed by atoms with Gasteiger partial charge in [-0.1, -0.05) is 41.9 Å². The highest BCUT2D eigenvalue weighted by molar-refractivity contribution is 7.92. The molecule has 0 unspecified atom stereocenters. The lowest BCUT2D eigenvalue weighted by Gasteiger charge is -2.29. The van der Waals surface area contributed by atoms with Crippen molar-refractivity contribution >= 4 is 33.2 Å². The number of nitrogens with one attached hydrogen (secondary N) is 1. The maximum atomic E-state index is 12.8. The van der Waals surface area contributed by atoms with Crippen molar-refractivity contribution in [1.82, 2.24) is 5.32 Å². The van der Waals surface area contributed by atoms with Crippen LogP contribution < -0.4 is 14.4 Å². The number of nitrogens with zero attached hydrogens (tertiary/aromatic N) is 1. The number of halogens is 1. The minimum absolute atomic E-state index is 0.106. The van der Waals surface area contributed by atoms with Gasteiger partial charge in [-0.15, -0.1) is 0 Å². The van der Waals surface area contributed by atoms with Gasteiger partial charge in [0.25, 0.3) is 0 Å². The maximum Gasteiger partial charge on any atom is 0.243 e. The molecule has 2 rings (SSSR count).